The first-order valence-electron chi connectivity index (χ1n) is 8.27. The van der Waals surface area contributed by atoms with E-state index in [9.17, 15) is 9.59 Å². The van der Waals surface area contributed by atoms with E-state index < -0.39 is 0 Å². The summed E-state index contributed by atoms with van der Waals surface area (Å²) < 4.78 is 0. The van der Waals surface area contributed by atoms with E-state index >= 15 is 0 Å². The topological polar surface area (TPSA) is 58.2 Å². The lowest BCUT2D eigenvalue weighted by molar-refractivity contribution is -0.125. The molecule has 0 saturated heterocycles. The molecule has 124 valence electrons. The van der Waals surface area contributed by atoms with Gasteiger partial charge in [-0.1, -0.05) is 42.5 Å². The van der Waals surface area contributed by atoms with Gasteiger partial charge in [-0.3, -0.25) is 9.59 Å². The number of carbonyl (C=O) groups is 2. The van der Waals surface area contributed by atoms with Gasteiger partial charge in [-0.25, -0.2) is 0 Å². The Labute approximate surface area is 142 Å². The SMILES string of the molecule is Cc1cccc(NC(=O)C2CC2C(=O)NC(C)c2ccccc2)c1. The van der Waals surface area contributed by atoms with Crippen LogP contribution in [0.4, 0.5) is 5.69 Å². The normalized spacial score (nSPS) is 20.1. The minimum Gasteiger partial charge on any atom is -0.349 e. The van der Waals surface area contributed by atoms with Crippen LogP contribution in [0.1, 0.15) is 30.5 Å². The fraction of sp³-hybridized carbons (Fsp3) is 0.300. The molecule has 0 aromatic heterocycles. The molecule has 1 aliphatic rings. The number of hydrogen-bond acceptors (Lipinski definition) is 2. The van der Waals surface area contributed by atoms with Gasteiger partial charge in [-0.15, -0.1) is 0 Å². The maximum atomic E-state index is 12.3. The molecule has 1 saturated carbocycles. The van der Waals surface area contributed by atoms with Crippen molar-refractivity contribution in [2.45, 2.75) is 26.3 Å². The molecule has 0 heterocycles. The number of carbonyl (C=O) groups excluding carboxylic acids is 2. The number of hydrogen-bond donors (Lipinski definition) is 2. The van der Waals surface area contributed by atoms with Crippen LogP contribution in [0.5, 0.6) is 0 Å². The highest BCUT2D eigenvalue weighted by molar-refractivity contribution is 5.99. The van der Waals surface area contributed by atoms with E-state index in [-0.39, 0.29) is 29.7 Å². The lowest BCUT2D eigenvalue weighted by Gasteiger charge is -2.14. The van der Waals surface area contributed by atoms with E-state index in [0.29, 0.717) is 6.42 Å². The summed E-state index contributed by atoms with van der Waals surface area (Å²) in [4.78, 5) is 24.6. The highest BCUT2D eigenvalue weighted by atomic mass is 16.2. The molecule has 3 rings (SSSR count). The fourth-order valence-electron chi connectivity index (χ4n) is 2.88. The molecule has 2 N–H and O–H groups in total. The van der Waals surface area contributed by atoms with Crippen LogP contribution in [0.15, 0.2) is 54.6 Å². The van der Waals surface area contributed by atoms with Crippen molar-refractivity contribution in [3.8, 4) is 0 Å². The molecule has 1 aliphatic carbocycles. The fourth-order valence-corrected chi connectivity index (χ4v) is 2.88. The molecule has 4 heteroatoms. The van der Waals surface area contributed by atoms with Crippen molar-refractivity contribution in [2.24, 2.45) is 11.8 Å². The second-order valence-corrected chi connectivity index (χ2v) is 6.45. The van der Waals surface area contributed by atoms with E-state index in [1.165, 1.54) is 0 Å². The highest BCUT2D eigenvalue weighted by Crippen LogP contribution is 2.40. The Bertz CT molecular complexity index is 742. The Morgan fingerprint density at radius 1 is 1.00 bits per heavy atom. The van der Waals surface area contributed by atoms with Gasteiger partial charge in [0.05, 0.1) is 17.9 Å². The van der Waals surface area contributed by atoms with Crippen molar-refractivity contribution in [2.75, 3.05) is 5.32 Å². The van der Waals surface area contributed by atoms with Crippen molar-refractivity contribution in [3.63, 3.8) is 0 Å². The number of benzene rings is 2. The third kappa shape index (κ3) is 3.82. The molecule has 3 unspecified atom stereocenters. The Morgan fingerprint density at radius 3 is 2.42 bits per heavy atom. The van der Waals surface area contributed by atoms with Crippen molar-refractivity contribution < 1.29 is 9.59 Å². The van der Waals surface area contributed by atoms with Crippen molar-refractivity contribution >= 4 is 17.5 Å². The second-order valence-electron chi connectivity index (χ2n) is 6.45. The number of aryl methyl sites for hydroxylation is 1. The van der Waals surface area contributed by atoms with Gasteiger partial charge in [0.15, 0.2) is 0 Å². The minimum atomic E-state index is -0.228. The third-order valence-corrected chi connectivity index (χ3v) is 4.41. The molecule has 0 aliphatic heterocycles. The molecule has 0 bridgehead atoms. The summed E-state index contributed by atoms with van der Waals surface area (Å²) in [7, 11) is 0. The van der Waals surface area contributed by atoms with Gasteiger partial charge in [-0.05, 0) is 43.5 Å². The Hall–Kier alpha value is -2.62. The van der Waals surface area contributed by atoms with Gasteiger partial charge >= 0.3 is 0 Å². The van der Waals surface area contributed by atoms with Gasteiger partial charge in [0.2, 0.25) is 11.8 Å². The maximum absolute atomic E-state index is 12.3. The van der Waals surface area contributed by atoms with Crippen LogP contribution in [0.2, 0.25) is 0 Å². The van der Waals surface area contributed by atoms with Gasteiger partial charge < -0.3 is 10.6 Å². The molecule has 3 atom stereocenters. The van der Waals surface area contributed by atoms with Gasteiger partial charge in [-0.2, -0.15) is 0 Å². The molecule has 2 aromatic rings. The lowest BCUT2D eigenvalue weighted by Crippen LogP contribution is -2.29. The first kappa shape index (κ1) is 16.2. The summed E-state index contributed by atoms with van der Waals surface area (Å²) in [6.07, 6.45) is 0.616. The zero-order valence-corrected chi connectivity index (χ0v) is 14.0. The first-order valence-corrected chi connectivity index (χ1v) is 8.27. The minimum absolute atomic E-state index is 0.0456. The second kappa shape index (κ2) is 6.87. The Morgan fingerprint density at radius 2 is 1.71 bits per heavy atom. The Balaban J connectivity index is 1.53. The highest BCUT2D eigenvalue weighted by Gasteiger charge is 2.48. The summed E-state index contributed by atoms with van der Waals surface area (Å²) in [6, 6.07) is 17.4. The van der Waals surface area contributed by atoms with Crippen LogP contribution in [0.3, 0.4) is 0 Å². The number of rotatable bonds is 5. The molecule has 4 nitrogen and oxygen atoms in total. The van der Waals surface area contributed by atoms with E-state index in [1.807, 2.05) is 68.4 Å². The Kier molecular flexibility index (Phi) is 4.65. The summed E-state index contributed by atoms with van der Waals surface area (Å²) in [5, 5.41) is 5.89. The van der Waals surface area contributed by atoms with Crippen LogP contribution < -0.4 is 10.6 Å². The van der Waals surface area contributed by atoms with Crippen LogP contribution in [-0.2, 0) is 9.59 Å². The van der Waals surface area contributed by atoms with Gasteiger partial charge in [0.1, 0.15) is 0 Å². The average Bonchev–Trinajstić information content (AvgIpc) is 3.36. The summed E-state index contributed by atoms with van der Waals surface area (Å²) in [5.41, 5.74) is 2.94. The van der Waals surface area contributed by atoms with Gasteiger partial charge in [0, 0.05) is 5.69 Å². The standard InChI is InChI=1S/C20H22N2O2/c1-13-7-6-10-16(11-13)22-20(24)18-12-17(18)19(23)21-14(2)15-8-4-3-5-9-15/h3-11,14,17-18H,12H2,1-2H3,(H,21,23)(H,22,24). The van der Waals surface area contributed by atoms with E-state index in [2.05, 4.69) is 10.6 Å². The molecule has 2 amide bonds. The predicted octanol–water partition coefficient (Wildman–Crippen LogP) is 3.45. The van der Waals surface area contributed by atoms with E-state index in [4.69, 9.17) is 0 Å². The van der Waals surface area contributed by atoms with Crippen molar-refractivity contribution in [1.82, 2.24) is 5.32 Å². The molecule has 2 aromatic carbocycles. The zero-order valence-electron chi connectivity index (χ0n) is 14.0. The quantitative estimate of drug-likeness (QED) is 0.886. The first-order chi connectivity index (χ1) is 11.5. The van der Waals surface area contributed by atoms with E-state index in [0.717, 1.165) is 16.8 Å². The summed E-state index contributed by atoms with van der Waals surface area (Å²) in [6.45, 7) is 3.94. The van der Waals surface area contributed by atoms with Crippen molar-refractivity contribution in [3.05, 3.63) is 65.7 Å². The predicted molar refractivity (Wildman–Crippen MR) is 94.4 cm³/mol. The molecular weight excluding hydrogens is 300 g/mol. The van der Waals surface area contributed by atoms with Crippen molar-refractivity contribution in [1.29, 1.82) is 0 Å². The van der Waals surface area contributed by atoms with Gasteiger partial charge in [0.25, 0.3) is 0 Å². The van der Waals surface area contributed by atoms with Crippen LogP contribution >= 0.6 is 0 Å². The largest absolute Gasteiger partial charge is 0.349 e. The molecular formula is C20H22N2O2. The lowest BCUT2D eigenvalue weighted by atomic mass is 10.1. The monoisotopic (exact) mass is 322 g/mol. The number of amides is 2. The molecule has 0 radical (unpaired) electrons. The summed E-state index contributed by atoms with van der Waals surface area (Å²) in [5.74, 6) is -0.571. The van der Waals surface area contributed by atoms with Crippen LogP contribution in [0, 0.1) is 18.8 Å². The van der Waals surface area contributed by atoms with E-state index in [1.54, 1.807) is 0 Å². The zero-order chi connectivity index (χ0) is 17.1. The maximum Gasteiger partial charge on any atom is 0.228 e. The molecule has 24 heavy (non-hydrogen) atoms. The average molecular weight is 322 g/mol. The number of anilines is 1. The number of nitrogens with one attached hydrogen (secondary N) is 2. The van der Waals surface area contributed by atoms with Crippen LogP contribution in [0.25, 0.3) is 0 Å². The van der Waals surface area contributed by atoms with Crippen LogP contribution in [-0.4, -0.2) is 11.8 Å². The summed E-state index contributed by atoms with van der Waals surface area (Å²) >= 11 is 0. The molecule has 0 spiro atoms. The smallest absolute Gasteiger partial charge is 0.228 e. The molecule has 1 fully saturated rings. The third-order valence-electron chi connectivity index (χ3n) is 4.41.